The first kappa shape index (κ1) is 12.6. The molecule has 0 saturated carbocycles. The monoisotopic (exact) mass is 251 g/mol. The third-order valence-corrected chi connectivity index (χ3v) is 2.85. The Bertz CT molecular complexity index is 574. The topological polar surface area (TPSA) is 95.3 Å². The van der Waals surface area contributed by atoms with Gasteiger partial charge in [-0.2, -0.15) is 9.61 Å². The molecule has 2 heterocycles. The van der Waals surface area contributed by atoms with Crippen molar-refractivity contribution in [3.63, 3.8) is 0 Å². The Morgan fingerprint density at radius 2 is 2.28 bits per heavy atom. The summed E-state index contributed by atoms with van der Waals surface area (Å²) in [7, 11) is 0. The highest BCUT2D eigenvalue weighted by molar-refractivity contribution is 5.43. The molecular formula is C11H17N5O2. The zero-order chi connectivity index (χ0) is 13.1. The maximum absolute atomic E-state index is 11.4. The first-order valence-corrected chi connectivity index (χ1v) is 5.93. The van der Waals surface area contributed by atoms with Crippen LogP contribution in [0.1, 0.15) is 20.3 Å². The van der Waals surface area contributed by atoms with Crippen molar-refractivity contribution >= 4 is 11.5 Å². The molecule has 1 unspecified atom stereocenters. The van der Waals surface area contributed by atoms with Crippen LogP contribution in [0.25, 0.3) is 5.65 Å². The Labute approximate surface area is 104 Å². The van der Waals surface area contributed by atoms with Crippen molar-refractivity contribution in [3.8, 4) is 0 Å². The molecule has 0 spiro atoms. The van der Waals surface area contributed by atoms with Crippen LogP contribution in [0.5, 0.6) is 0 Å². The molecule has 0 bridgehead atoms. The zero-order valence-corrected chi connectivity index (χ0v) is 10.4. The van der Waals surface area contributed by atoms with Gasteiger partial charge in [-0.1, -0.05) is 13.8 Å². The number of aliphatic hydroxyl groups is 1. The number of anilines is 1. The van der Waals surface area contributed by atoms with Crippen LogP contribution < -0.4 is 11.0 Å². The van der Waals surface area contributed by atoms with Gasteiger partial charge in [0, 0.05) is 12.6 Å². The van der Waals surface area contributed by atoms with Crippen LogP contribution in [0.2, 0.25) is 0 Å². The zero-order valence-electron chi connectivity index (χ0n) is 10.4. The first-order valence-electron chi connectivity index (χ1n) is 5.93. The Morgan fingerprint density at radius 3 is 2.94 bits per heavy atom. The number of H-pyrrole nitrogens is 1. The number of aromatic nitrogens is 4. The number of hydrogen-bond acceptors (Lipinski definition) is 5. The molecule has 0 aliphatic heterocycles. The average molecular weight is 251 g/mol. The van der Waals surface area contributed by atoms with Gasteiger partial charge in [-0.05, 0) is 24.5 Å². The fraction of sp³-hybridized carbons (Fsp3) is 0.545. The molecule has 0 saturated heterocycles. The molecule has 0 amide bonds. The van der Waals surface area contributed by atoms with E-state index in [4.69, 9.17) is 5.11 Å². The van der Waals surface area contributed by atoms with E-state index in [9.17, 15) is 4.79 Å². The summed E-state index contributed by atoms with van der Waals surface area (Å²) in [5.74, 6) is 0.953. The van der Waals surface area contributed by atoms with Crippen molar-refractivity contribution in [3.05, 3.63) is 22.6 Å². The lowest BCUT2D eigenvalue weighted by atomic mass is 10.0. The molecule has 98 valence electrons. The van der Waals surface area contributed by atoms with Gasteiger partial charge < -0.3 is 10.4 Å². The second-order valence-electron chi connectivity index (χ2n) is 4.52. The Balaban J connectivity index is 2.24. The summed E-state index contributed by atoms with van der Waals surface area (Å²) in [6.07, 6.45) is 0.637. The van der Waals surface area contributed by atoms with Crippen LogP contribution >= 0.6 is 0 Å². The van der Waals surface area contributed by atoms with E-state index in [1.165, 1.54) is 4.52 Å². The van der Waals surface area contributed by atoms with E-state index in [0.717, 1.165) is 0 Å². The van der Waals surface area contributed by atoms with Crippen LogP contribution in [0.15, 0.2) is 16.9 Å². The van der Waals surface area contributed by atoms with Gasteiger partial charge in [0.25, 0.3) is 0 Å². The lowest BCUT2D eigenvalue weighted by molar-refractivity contribution is 0.267. The van der Waals surface area contributed by atoms with Crippen LogP contribution in [0, 0.1) is 5.92 Å². The largest absolute Gasteiger partial charge is 0.396 e. The maximum Gasteiger partial charge on any atom is 0.364 e. The summed E-state index contributed by atoms with van der Waals surface area (Å²) < 4.78 is 1.21. The molecule has 18 heavy (non-hydrogen) atoms. The summed E-state index contributed by atoms with van der Waals surface area (Å²) in [5.41, 5.74) is 0.116. The summed E-state index contributed by atoms with van der Waals surface area (Å²) in [6, 6.07) is 3.59. The lowest BCUT2D eigenvalue weighted by Crippen LogP contribution is -2.28. The lowest BCUT2D eigenvalue weighted by Gasteiger charge is -2.21. The molecule has 2 aromatic heterocycles. The number of aromatic amines is 1. The van der Waals surface area contributed by atoms with E-state index in [-0.39, 0.29) is 18.3 Å². The molecule has 3 N–H and O–H groups in total. The summed E-state index contributed by atoms with van der Waals surface area (Å²) >= 11 is 0. The van der Waals surface area contributed by atoms with Crippen molar-refractivity contribution in [1.82, 2.24) is 19.8 Å². The number of nitrogens with one attached hydrogen (secondary N) is 2. The normalized spacial score (nSPS) is 13.1. The molecule has 0 radical (unpaired) electrons. The maximum atomic E-state index is 11.4. The van der Waals surface area contributed by atoms with Crippen molar-refractivity contribution in [1.29, 1.82) is 0 Å². The molecule has 0 aliphatic rings. The van der Waals surface area contributed by atoms with Crippen LogP contribution in [-0.2, 0) is 0 Å². The molecule has 0 aliphatic carbocycles. The third-order valence-electron chi connectivity index (χ3n) is 2.85. The van der Waals surface area contributed by atoms with Crippen LogP contribution in [0.3, 0.4) is 0 Å². The van der Waals surface area contributed by atoms with E-state index in [1.807, 2.05) is 0 Å². The van der Waals surface area contributed by atoms with Crippen molar-refractivity contribution in [2.45, 2.75) is 26.3 Å². The summed E-state index contributed by atoms with van der Waals surface area (Å²) in [4.78, 5) is 11.4. The minimum absolute atomic E-state index is 0.113. The number of nitrogens with zero attached hydrogens (tertiary/aromatic N) is 3. The van der Waals surface area contributed by atoms with Crippen LogP contribution in [-0.4, -0.2) is 37.6 Å². The van der Waals surface area contributed by atoms with E-state index in [2.05, 4.69) is 34.5 Å². The summed E-state index contributed by atoms with van der Waals surface area (Å²) in [6.45, 7) is 4.25. The molecule has 2 aromatic rings. The second-order valence-corrected chi connectivity index (χ2v) is 4.52. The molecule has 0 aromatic carbocycles. The van der Waals surface area contributed by atoms with Gasteiger partial charge in [0.2, 0.25) is 0 Å². The number of aliphatic hydroxyl groups excluding tert-OH is 1. The quantitative estimate of drug-likeness (QED) is 0.707. The molecule has 2 rings (SSSR count). The predicted molar refractivity (Wildman–Crippen MR) is 67.6 cm³/mol. The van der Waals surface area contributed by atoms with Gasteiger partial charge in [0.05, 0.1) is 0 Å². The minimum Gasteiger partial charge on any atom is -0.396 e. The molecule has 1 atom stereocenters. The van der Waals surface area contributed by atoms with Crippen molar-refractivity contribution < 1.29 is 5.11 Å². The first-order chi connectivity index (χ1) is 8.61. The highest BCUT2D eigenvalue weighted by Gasteiger charge is 2.13. The minimum atomic E-state index is -0.364. The molecule has 0 fully saturated rings. The van der Waals surface area contributed by atoms with E-state index >= 15 is 0 Å². The smallest absolute Gasteiger partial charge is 0.364 e. The SMILES string of the molecule is CC(C)C(CCO)Nc1ccc2n[nH]c(=O)n2n1. The van der Waals surface area contributed by atoms with E-state index < -0.39 is 0 Å². The second kappa shape index (κ2) is 5.18. The Morgan fingerprint density at radius 1 is 1.50 bits per heavy atom. The highest BCUT2D eigenvalue weighted by Crippen LogP contribution is 2.12. The van der Waals surface area contributed by atoms with Gasteiger partial charge in [-0.3, -0.25) is 0 Å². The average Bonchev–Trinajstić information content (AvgIpc) is 2.70. The molecular weight excluding hydrogens is 234 g/mol. The van der Waals surface area contributed by atoms with Gasteiger partial charge >= 0.3 is 5.69 Å². The predicted octanol–water partition coefficient (Wildman–Crippen LogP) is 0.236. The van der Waals surface area contributed by atoms with Gasteiger partial charge in [0.15, 0.2) is 5.65 Å². The Hall–Kier alpha value is -1.89. The fourth-order valence-corrected chi connectivity index (χ4v) is 1.78. The van der Waals surface area contributed by atoms with Crippen molar-refractivity contribution in [2.75, 3.05) is 11.9 Å². The molecule has 7 nitrogen and oxygen atoms in total. The Kier molecular flexibility index (Phi) is 3.61. The van der Waals surface area contributed by atoms with E-state index in [0.29, 0.717) is 23.8 Å². The number of hydrogen-bond donors (Lipinski definition) is 3. The van der Waals surface area contributed by atoms with Gasteiger partial charge in [0.1, 0.15) is 5.82 Å². The molecule has 7 heteroatoms. The number of fused-ring (bicyclic) bond motifs is 1. The highest BCUT2D eigenvalue weighted by atomic mass is 16.3. The summed E-state index contributed by atoms with van der Waals surface area (Å²) in [5, 5.41) is 22.5. The standard InChI is InChI=1S/C11H17N5O2/c1-7(2)8(5-6-17)12-9-3-4-10-13-14-11(18)16(10)15-9/h3-4,7-8,17H,5-6H2,1-2H3,(H,12,15)(H,14,18). The van der Waals surface area contributed by atoms with Crippen LogP contribution in [0.4, 0.5) is 5.82 Å². The van der Waals surface area contributed by atoms with Gasteiger partial charge in [-0.25, -0.2) is 9.89 Å². The number of rotatable bonds is 5. The van der Waals surface area contributed by atoms with Crippen molar-refractivity contribution in [2.24, 2.45) is 5.92 Å². The van der Waals surface area contributed by atoms with Gasteiger partial charge in [-0.15, -0.1) is 5.10 Å². The third kappa shape index (κ3) is 2.51. The van der Waals surface area contributed by atoms with E-state index in [1.54, 1.807) is 12.1 Å². The fourth-order valence-electron chi connectivity index (χ4n) is 1.78.